The highest BCUT2D eigenvalue weighted by atomic mass is 15.1. The topological polar surface area (TPSA) is 15.3 Å². The Kier molecular flexibility index (Phi) is 3.93. The molecular weight excluding hydrogens is 208 g/mol. The predicted octanol–water partition coefficient (Wildman–Crippen LogP) is 3.67. The van der Waals surface area contributed by atoms with Crippen LogP contribution in [-0.2, 0) is 6.42 Å². The summed E-state index contributed by atoms with van der Waals surface area (Å²) in [5.41, 5.74) is 4.14. The Labute approximate surface area is 105 Å². The largest absolute Gasteiger partial charge is 0.385 e. The van der Waals surface area contributed by atoms with Gasteiger partial charge in [0.25, 0.3) is 0 Å². The van der Waals surface area contributed by atoms with E-state index in [-0.39, 0.29) is 0 Å². The van der Waals surface area contributed by atoms with Crippen LogP contribution in [0.15, 0.2) is 18.2 Å². The van der Waals surface area contributed by atoms with Gasteiger partial charge in [-0.15, -0.1) is 0 Å². The molecule has 1 aliphatic rings. The van der Waals surface area contributed by atoms with Gasteiger partial charge in [0.2, 0.25) is 0 Å². The molecule has 0 aromatic heterocycles. The summed E-state index contributed by atoms with van der Waals surface area (Å²) in [5.74, 6) is 0. The van der Waals surface area contributed by atoms with E-state index in [1.807, 2.05) is 0 Å². The van der Waals surface area contributed by atoms with Crippen LogP contribution in [0.5, 0.6) is 0 Å². The maximum atomic E-state index is 3.50. The fraction of sp³-hybridized carbons (Fsp3) is 0.600. The van der Waals surface area contributed by atoms with Gasteiger partial charge in [0.15, 0.2) is 0 Å². The first-order valence-electron chi connectivity index (χ1n) is 6.82. The van der Waals surface area contributed by atoms with Crippen LogP contribution in [0, 0.1) is 0 Å². The summed E-state index contributed by atoms with van der Waals surface area (Å²) in [4.78, 5) is 2.39. The minimum absolute atomic E-state index is 0.613. The van der Waals surface area contributed by atoms with Crippen molar-refractivity contribution in [1.29, 1.82) is 0 Å². The molecule has 2 heteroatoms. The lowest BCUT2D eigenvalue weighted by atomic mass is 10.0. The number of anilines is 2. The fourth-order valence-corrected chi connectivity index (χ4v) is 2.53. The number of hydrogen-bond donors (Lipinski definition) is 1. The molecule has 94 valence electrons. The molecule has 0 spiro atoms. The monoisotopic (exact) mass is 232 g/mol. The molecule has 1 N–H and O–H groups in total. The molecule has 17 heavy (non-hydrogen) atoms. The summed E-state index contributed by atoms with van der Waals surface area (Å²) >= 11 is 0. The van der Waals surface area contributed by atoms with Crippen LogP contribution >= 0.6 is 0 Å². The molecule has 0 radical (unpaired) electrons. The first-order chi connectivity index (χ1) is 8.22. The van der Waals surface area contributed by atoms with E-state index < -0.39 is 0 Å². The van der Waals surface area contributed by atoms with Crippen molar-refractivity contribution < 1.29 is 0 Å². The van der Waals surface area contributed by atoms with Crippen LogP contribution in [0.3, 0.4) is 0 Å². The summed E-state index contributed by atoms with van der Waals surface area (Å²) in [5, 5.41) is 3.50. The van der Waals surface area contributed by atoms with Crippen molar-refractivity contribution in [2.24, 2.45) is 0 Å². The lowest BCUT2D eigenvalue weighted by Crippen LogP contribution is -2.28. The van der Waals surface area contributed by atoms with Gasteiger partial charge in [-0.25, -0.2) is 0 Å². The zero-order valence-corrected chi connectivity index (χ0v) is 11.3. The van der Waals surface area contributed by atoms with Gasteiger partial charge >= 0.3 is 0 Å². The molecule has 1 atom stereocenters. The van der Waals surface area contributed by atoms with Gasteiger partial charge in [0, 0.05) is 31.0 Å². The van der Waals surface area contributed by atoms with E-state index in [0.29, 0.717) is 6.04 Å². The minimum atomic E-state index is 0.613. The lowest BCUT2D eigenvalue weighted by Gasteiger charge is -2.28. The molecule has 0 saturated heterocycles. The summed E-state index contributed by atoms with van der Waals surface area (Å²) in [6, 6.07) is 7.46. The highest BCUT2D eigenvalue weighted by Gasteiger charge is 2.13. The van der Waals surface area contributed by atoms with Crippen molar-refractivity contribution in [2.75, 3.05) is 23.8 Å². The van der Waals surface area contributed by atoms with E-state index >= 15 is 0 Å². The third-order valence-electron chi connectivity index (χ3n) is 3.81. The average Bonchev–Trinajstić information content (AvgIpc) is 2.37. The number of rotatable bonds is 4. The molecule has 0 bridgehead atoms. The molecule has 1 aliphatic heterocycles. The van der Waals surface area contributed by atoms with Gasteiger partial charge in [0.05, 0.1) is 0 Å². The molecule has 1 heterocycles. The van der Waals surface area contributed by atoms with E-state index in [4.69, 9.17) is 0 Å². The van der Waals surface area contributed by atoms with Crippen molar-refractivity contribution in [3.05, 3.63) is 23.8 Å². The molecule has 0 amide bonds. The molecule has 0 saturated carbocycles. The van der Waals surface area contributed by atoms with Crippen molar-refractivity contribution in [3.63, 3.8) is 0 Å². The summed E-state index contributed by atoms with van der Waals surface area (Å²) < 4.78 is 0. The van der Waals surface area contributed by atoms with Crippen LogP contribution in [0.2, 0.25) is 0 Å². The molecule has 1 unspecified atom stereocenters. The van der Waals surface area contributed by atoms with Crippen molar-refractivity contribution >= 4 is 11.4 Å². The van der Waals surface area contributed by atoms with E-state index in [2.05, 4.69) is 49.3 Å². The quantitative estimate of drug-likeness (QED) is 0.852. The summed E-state index contributed by atoms with van der Waals surface area (Å²) in [7, 11) is 2.20. The first-order valence-corrected chi connectivity index (χ1v) is 6.82. The van der Waals surface area contributed by atoms with E-state index in [1.54, 1.807) is 0 Å². The van der Waals surface area contributed by atoms with Crippen molar-refractivity contribution in [1.82, 2.24) is 0 Å². The SMILES string of the molecule is CCCC(C)N(C)c1ccc2c(c1)NCCC2. The number of hydrogen-bond acceptors (Lipinski definition) is 2. The zero-order chi connectivity index (χ0) is 12.3. The molecule has 0 aliphatic carbocycles. The first kappa shape index (κ1) is 12.3. The molecule has 2 nitrogen and oxygen atoms in total. The Hall–Kier alpha value is -1.18. The van der Waals surface area contributed by atoms with E-state index in [9.17, 15) is 0 Å². The van der Waals surface area contributed by atoms with Crippen LogP contribution in [0.4, 0.5) is 11.4 Å². The molecular formula is C15H24N2. The standard InChI is InChI=1S/C15H24N2/c1-4-6-12(2)17(3)14-9-8-13-7-5-10-16-15(13)11-14/h8-9,11-12,16H,4-7,10H2,1-3H3. The molecule has 0 fully saturated rings. The average molecular weight is 232 g/mol. The second-order valence-corrected chi connectivity index (χ2v) is 5.12. The molecule has 2 rings (SSSR count). The van der Waals surface area contributed by atoms with Crippen LogP contribution < -0.4 is 10.2 Å². The third-order valence-corrected chi connectivity index (χ3v) is 3.81. The van der Waals surface area contributed by atoms with Crippen LogP contribution in [0.25, 0.3) is 0 Å². The number of nitrogens with zero attached hydrogens (tertiary/aromatic N) is 1. The molecule has 1 aromatic rings. The van der Waals surface area contributed by atoms with Crippen LogP contribution in [-0.4, -0.2) is 19.6 Å². The lowest BCUT2D eigenvalue weighted by molar-refractivity contribution is 0.616. The Morgan fingerprint density at radius 3 is 3.00 bits per heavy atom. The smallest absolute Gasteiger partial charge is 0.0393 e. The van der Waals surface area contributed by atoms with Crippen molar-refractivity contribution in [3.8, 4) is 0 Å². The highest BCUT2D eigenvalue weighted by molar-refractivity contribution is 5.63. The maximum Gasteiger partial charge on any atom is 0.0393 e. The highest BCUT2D eigenvalue weighted by Crippen LogP contribution is 2.28. The number of nitrogens with one attached hydrogen (secondary N) is 1. The third kappa shape index (κ3) is 2.74. The van der Waals surface area contributed by atoms with E-state index in [1.165, 1.54) is 42.6 Å². The molecule has 1 aromatic carbocycles. The second kappa shape index (κ2) is 5.44. The Bertz CT molecular complexity index is 373. The summed E-state index contributed by atoms with van der Waals surface area (Å²) in [6.45, 7) is 5.67. The maximum absolute atomic E-state index is 3.50. The van der Waals surface area contributed by atoms with Gasteiger partial charge in [-0.1, -0.05) is 19.4 Å². The summed E-state index contributed by atoms with van der Waals surface area (Å²) in [6.07, 6.45) is 4.97. The fourth-order valence-electron chi connectivity index (χ4n) is 2.53. The zero-order valence-electron chi connectivity index (χ0n) is 11.3. The van der Waals surface area contributed by atoms with Gasteiger partial charge in [-0.2, -0.15) is 0 Å². The van der Waals surface area contributed by atoms with Gasteiger partial charge in [-0.3, -0.25) is 0 Å². The number of benzene rings is 1. The Morgan fingerprint density at radius 1 is 1.41 bits per heavy atom. The van der Waals surface area contributed by atoms with Gasteiger partial charge in [-0.05, 0) is 43.9 Å². The van der Waals surface area contributed by atoms with Crippen molar-refractivity contribution in [2.45, 2.75) is 45.6 Å². The van der Waals surface area contributed by atoms with Crippen LogP contribution in [0.1, 0.15) is 38.7 Å². The van der Waals surface area contributed by atoms with Gasteiger partial charge in [0.1, 0.15) is 0 Å². The Balaban J connectivity index is 2.15. The van der Waals surface area contributed by atoms with E-state index in [0.717, 1.165) is 6.54 Å². The Morgan fingerprint density at radius 2 is 2.24 bits per heavy atom. The predicted molar refractivity (Wildman–Crippen MR) is 76.0 cm³/mol. The number of aryl methyl sites for hydroxylation is 1. The normalized spacial score (nSPS) is 15.9. The second-order valence-electron chi connectivity index (χ2n) is 5.12. The minimum Gasteiger partial charge on any atom is -0.385 e. The van der Waals surface area contributed by atoms with Gasteiger partial charge < -0.3 is 10.2 Å². The number of fused-ring (bicyclic) bond motifs is 1.